The Morgan fingerprint density at radius 1 is 1.27 bits per heavy atom. The SMILES string of the molecule is CCCCC1CN(c2ccccc2)c2cc(Br)c(OC)cc2S(=O)(=O)N1. The minimum Gasteiger partial charge on any atom is -0.496 e. The number of rotatable bonds is 5. The van der Waals surface area contributed by atoms with Gasteiger partial charge in [0.2, 0.25) is 10.0 Å². The number of methoxy groups -OCH3 is 1. The maximum Gasteiger partial charge on any atom is 0.243 e. The van der Waals surface area contributed by atoms with E-state index < -0.39 is 10.0 Å². The number of benzene rings is 2. The Kier molecular flexibility index (Phi) is 5.89. The molecule has 1 heterocycles. The number of sulfonamides is 1. The average Bonchev–Trinajstić information content (AvgIpc) is 2.74. The van der Waals surface area contributed by atoms with Gasteiger partial charge in [-0.3, -0.25) is 0 Å². The van der Waals surface area contributed by atoms with Gasteiger partial charge in [-0.25, -0.2) is 13.1 Å². The first-order chi connectivity index (χ1) is 12.5. The minimum absolute atomic E-state index is 0.155. The third kappa shape index (κ3) is 3.89. The number of anilines is 2. The van der Waals surface area contributed by atoms with Gasteiger partial charge in [-0.15, -0.1) is 0 Å². The molecule has 3 rings (SSSR count). The highest BCUT2D eigenvalue weighted by Crippen LogP contribution is 2.40. The molecule has 1 atom stereocenters. The van der Waals surface area contributed by atoms with Gasteiger partial charge in [0.15, 0.2) is 0 Å². The molecule has 0 aliphatic carbocycles. The van der Waals surface area contributed by atoms with Crippen LogP contribution in [0, 0.1) is 0 Å². The fraction of sp³-hybridized carbons (Fsp3) is 0.368. The molecule has 0 radical (unpaired) electrons. The standard InChI is InChI=1S/C19H23BrN2O3S/c1-3-4-8-14-13-22(15-9-6-5-7-10-15)17-11-16(20)18(25-2)12-19(17)26(23,24)21-14/h5-7,9-12,14,21H,3-4,8,13H2,1-2H3. The lowest BCUT2D eigenvalue weighted by Gasteiger charge is -2.27. The maximum absolute atomic E-state index is 13.0. The summed E-state index contributed by atoms with van der Waals surface area (Å²) in [7, 11) is -2.11. The van der Waals surface area contributed by atoms with Crippen LogP contribution in [0.5, 0.6) is 5.75 Å². The Hall–Kier alpha value is -1.57. The quantitative estimate of drug-likeness (QED) is 0.748. The van der Waals surface area contributed by atoms with Gasteiger partial charge in [-0.1, -0.05) is 38.0 Å². The monoisotopic (exact) mass is 438 g/mol. The molecule has 0 bridgehead atoms. The van der Waals surface area contributed by atoms with E-state index in [9.17, 15) is 8.42 Å². The smallest absolute Gasteiger partial charge is 0.243 e. The van der Waals surface area contributed by atoms with E-state index >= 15 is 0 Å². The molecule has 1 aliphatic rings. The van der Waals surface area contributed by atoms with Crippen LogP contribution in [-0.2, 0) is 10.0 Å². The number of nitrogens with one attached hydrogen (secondary N) is 1. The van der Waals surface area contributed by atoms with Gasteiger partial charge in [-0.05, 0) is 40.5 Å². The molecule has 7 heteroatoms. The zero-order valence-electron chi connectivity index (χ0n) is 14.9. The van der Waals surface area contributed by atoms with E-state index in [4.69, 9.17) is 4.74 Å². The van der Waals surface area contributed by atoms with Gasteiger partial charge in [0, 0.05) is 24.3 Å². The van der Waals surface area contributed by atoms with Gasteiger partial charge < -0.3 is 9.64 Å². The van der Waals surface area contributed by atoms with E-state index in [1.165, 1.54) is 7.11 Å². The van der Waals surface area contributed by atoms with Crippen LogP contribution in [-0.4, -0.2) is 28.1 Å². The second kappa shape index (κ2) is 7.98. The molecule has 0 fully saturated rings. The summed E-state index contributed by atoms with van der Waals surface area (Å²) in [5.74, 6) is 0.495. The Morgan fingerprint density at radius 3 is 2.65 bits per heavy atom. The lowest BCUT2D eigenvalue weighted by Crippen LogP contribution is -2.39. The van der Waals surface area contributed by atoms with Crippen LogP contribution in [0.15, 0.2) is 51.8 Å². The molecule has 0 saturated carbocycles. The molecule has 140 valence electrons. The van der Waals surface area contributed by atoms with Crippen molar-refractivity contribution in [1.82, 2.24) is 4.72 Å². The van der Waals surface area contributed by atoms with E-state index in [1.54, 1.807) is 6.07 Å². The van der Waals surface area contributed by atoms with Crippen molar-refractivity contribution in [2.45, 2.75) is 37.1 Å². The summed E-state index contributed by atoms with van der Waals surface area (Å²) in [4.78, 5) is 2.30. The zero-order valence-corrected chi connectivity index (χ0v) is 17.3. The van der Waals surface area contributed by atoms with Crippen molar-refractivity contribution in [1.29, 1.82) is 0 Å². The molecule has 5 nitrogen and oxygen atoms in total. The number of unbranched alkanes of at least 4 members (excludes halogenated alkanes) is 1. The van der Waals surface area contributed by atoms with Gasteiger partial charge in [0.25, 0.3) is 0 Å². The van der Waals surface area contributed by atoms with E-state index in [0.29, 0.717) is 18.0 Å². The van der Waals surface area contributed by atoms with Crippen LogP contribution in [0.2, 0.25) is 0 Å². The van der Waals surface area contributed by atoms with Crippen molar-refractivity contribution in [2.24, 2.45) is 0 Å². The highest BCUT2D eigenvalue weighted by molar-refractivity contribution is 9.10. The van der Waals surface area contributed by atoms with E-state index in [0.717, 1.165) is 29.4 Å². The van der Waals surface area contributed by atoms with Crippen LogP contribution >= 0.6 is 15.9 Å². The fourth-order valence-electron chi connectivity index (χ4n) is 3.20. The Balaban J connectivity index is 2.17. The summed E-state index contributed by atoms with van der Waals surface area (Å²) in [6.45, 7) is 2.69. The van der Waals surface area contributed by atoms with E-state index in [1.807, 2.05) is 36.4 Å². The number of hydrogen-bond donors (Lipinski definition) is 1. The molecule has 0 amide bonds. The molecule has 0 spiro atoms. The molecule has 26 heavy (non-hydrogen) atoms. The molecule has 0 saturated heterocycles. The molecule has 1 unspecified atom stereocenters. The minimum atomic E-state index is -3.64. The zero-order chi connectivity index (χ0) is 18.7. The first-order valence-corrected chi connectivity index (χ1v) is 11.0. The largest absolute Gasteiger partial charge is 0.496 e. The van der Waals surface area contributed by atoms with Gasteiger partial charge in [0.1, 0.15) is 10.6 Å². The molecule has 1 N–H and O–H groups in total. The number of hydrogen-bond acceptors (Lipinski definition) is 4. The van der Waals surface area contributed by atoms with Crippen LogP contribution in [0.25, 0.3) is 0 Å². The molecule has 2 aromatic rings. The van der Waals surface area contributed by atoms with Crippen molar-refractivity contribution in [3.05, 3.63) is 46.9 Å². The highest BCUT2D eigenvalue weighted by Gasteiger charge is 2.32. The first kappa shape index (κ1) is 19.2. The predicted molar refractivity (Wildman–Crippen MR) is 108 cm³/mol. The summed E-state index contributed by atoms with van der Waals surface area (Å²) < 4.78 is 34.9. The molecule has 2 aromatic carbocycles. The number of para-hydroxylation sites is 1. The number of ether oxygens (including phenoxy) is 1. The van der Waals surface area contributed by atoms with Gasteiger partial charge in [-0.2, -0.15) is 0 Å². The van der Waals surface area contributed by atoms with Crippen LogP contribution in [0.4, 0.5) is 11.4 Å². The Labute approximate surface area is 163 Å². The number of fused-ring (bicyclic) bond motifs is 1. The first-order valence-electron chi connectivity index (χ1n) is 8.68. The fourth-order valence-corrected chi connectivity index (χ4v) is 5.16. The predicted octanol–water partition coefficient (Wildman–Crippen LogP) is 4.45. The van der Waals surface area contributed by atoms with Crippen LogP contribution < -0.4 is 14.4 Å². The van der Waals surface area contributed by atoms with Crippen molar-refractivity contribution in [3.63, 3.8) is 0 Å². The summed E-state index contributed by atoms with van der Waals surface area (Å²) in [6.07, 6.45) is 2.79. The van der Waals surface area contributed by atoms with Crippen LogP contribution in [0.3, 0.4) is 0 Å². The second-order valence-electron chi connectivity index (χ2n) is 6.36. The second-order valence-corrected chi connectivity index (χ2v) is 8.90. The van der Waals surface area contributed by atoms with Crippen molar-refractivity contribution >= 4 is 37.3 Å². The summed E-state index contributed by atoms with van der Waals surface area (Å²) in [5.41, 5.74) is 1.61. The number of halogens is 1. The summed E-state index contributed by atoms with van der Waals surface area (Å²) >= 11 is 3.49. The lowest BCUT2D eigenvalue weighted by molar-refractivity contribution is 0.411. The van der Waals surface area contributed by atoms with E-state index in [2.05, 4.69) is 32.5 Å². The normalized spacial score (nSPS) is 18.9. The third-order valence-electron chi connectivity index (χ3n) is 4.51. The van der Waals surface area contributed by atoms with Gasteiger partial charge in [0.05, 0.1) is 17.3 Å². The van der Waals surface area contributed by atoms with Crippen molar-refractivity contribution < 1.29 is 13.2 Å². The highest BCUT2D eigenvalue weighted by atomic mass is 79.9. The summed E-state index contributed by atoms with van der Waals surface area (Å²) in [5, 5.41) is 0. The van der Waals surface area contributed by atoms with Crippen LogP contribution in [0.1, 0.15) is 26.2 Å². The van der Waals surface area contributed by atoms with Gasteiger partial charge >= 0.3 is 0 Å². The van der Waals surface area contributed by atoms with Crippen molar-refractivity contribution in [2.75, 3.05) is 18.6 Å². The average molecular weight is 439 g/mol. The summed E-state index contributed by atoms with van der Waals surface area (Å²) in [6, 6.07) is 13.1. The molecular weight excluding hydrogens is 416 g/mol. The lowest BCUT2D eigenvalue weighted by atomic mass is 10.1. The van der Waals surface area contributed by atoms with Crippen molar-refractivity contribution in [3.8, 4) is 5.75 Å². The third-order valence-corrected chi connectivity index (χ3v) is 6.68. The maximum atomic E-state index is 13.0. The Morgan fingerprint density at radius 2 is 2.00 bits per heavy atom. The molecular formula is C19H23BrN2O3S. The molecule has 0 aromatic heterocycles. The Bertz CT molecular complexity index is 872. The van der Waals surface area contributed by atoms with E-state index in [-0.39, 0.29) is 10.9 Å². The topological polar surface area (TPSA) is 58.6 Å². The number of nitrogens with zero attached hydrogens (tertiary/aromatic N) is 1. The molecule has 1 aliphatic heterocycles.